The molecule has 0 saturated carbocycles. The second-order valence-electron chi connectivity index (χ2n) is 26.0. The second-order valence-corrected chi connectivity index (χ2v) is 26.0. The molecule has 0 amide bonds. The minimum Gasteiger partial charge on any atom is -0.201 e. The standard InChI is InChI=1S/C25H30N.C23H26N.C22H24N.C19H18N/c1-17(2)21-13-22(18(3)4)15-23(14-21)20-11-12-26(6)25(16-20)24-10-8-7-9-19(24)5;1-5-18-13-19(6-2)15-21(14-18)20-11-12-24(4)23(16-20)22-10-8-7-9-17(22)3;1-15-8-6-7-9-21(15)22-14-19(10-11-23(22)5)20-12-16(2)18(4)17(3)13-20;1-15-8-6-7-11-18(15)19-13-12-17(14-20(19)2)16-9-4-3-5-10-16/h7-18H,1-6H3;7-16H,5-6H2,1-4H3;6-14H,1-5H3;3-14H,1-2H3/q4*+1. The van der Waals surface area contributed by atoms with Gasteiger partial charge in [-0.3, -0.25) is 0 Å². The molecule has 12 aromatic rings. The largest absolute Gasteiger partial charge is 0.213 e. The summed E-state index contributed by atoms with van der Waals surface area (Å²) in [6.07, 6.45) is 10.8. The van der Waals surface area contributed by atoms with Crippen LogP contribution in [-0.4, -0.2) is 0 Å². The Kier molecular flexibility index (Phi) is 22.7. The third-order valence-corrected chi connectivity index (χ3v) is 18.5. The molecule has 4 heteroatoms. The average molecular weight is 1220 g/mol. The first kappa shape index (κ1) is 67.7. The molecular weight excluding hydrogens is 1130 g/mol. The number of nitrogens with zero attached hydrogens (tertiary/aromatic N) is 4. The zero-order valence-corrected chi connectivity index (χ0v) is 58.5. The fourth-order valence-corrected chi connectivity index (χ4v) is 12.2. The third-order valence-electron chi connectivity index (χ3n) is 18.5. The summed E-state index contributed by atoms with van der Waals surface area (Å²) in [7, 11) is 8.45. The quantitative estimate of drug-likeness (QED) is 0.108. The van der Waals surface area contributed by atoms with Crippen LogP contribution in [0.4, 0.5) is 0 Å². The SMILES string of the molecule is CCc1cc(CC)cc(-c2cc[n+](C)c(-c3ccccc3C)c2)c1.Cc1ccccc1-c1cc(-c2cc(C(C)C)cc(C(C)C)c2)cc[n+]1C.Cc1ccccc1-c1cc(-c2cc(C)c(C)c(C)c2)cc[n+]1C.Cc1ccccc1-c1ccc(-c2ccccc2)c[n+]1C. The monoisotopic (exact) mass is 1220 g/mol. The molecule has 0 saturated heterocycles. The van der Waals surface area contributed by atoms with Crippen molar-refractivity contribution in [1.29, 1.82) is 0 Å². The highest BCUT2D eigenvalue weighted by atomic mass is 14.9. The predicted octanol–water partition coefficient (Wildman–Crippen LogP) is 20.9. The van der Waals surface area contributed by atoms with Gasteiger partial charge in [-0.1, -0.05) is 193 Å². The van der Waals surface area contributed by atoms with Crippen LogP contribution in [0.2, 0.25) is 0 Å². The summed E-state index contributed by atoms with van der Waals surface area (Å²) in [6, 6.07) is 81.3. The summed E-state index contributed by atoms with van der Waals surface area (Å²) in [4.78, 5) is 0. The van der Waals surface area contributed by atoms with Crippen LogP contribution < -0.4 is 18.3 Å². The van der Waals surface area contributed by atoms with Gasteiger partial charge < -0.3 is 0 Å². The van der Waals surface area contributed by atoms with E-state index in [-0.39, 0.29) is 0 Å². The zero-order chi connectivity index (χ0) is 66.5. The van der Waals surface area contributed by atoms with Crippen molar-refractivity contribution in [2.24, 2.45) is 28.2 Å². The van der Waals surface area contributed by atoms with Gasteiger partial charge in [0.15, 0.2) is 24.8 Å². The lowest BCUT2D eigenvalue weighted by molar-refractivity contribution is -0.660. The molecule has 4 aromatic heterocycles. The lowest BCUT2D eigenvalue weighted by Gasteiger charge is -2.15. The molecule has 0 aliphatic rings. The summed E-state index contributed by atoms with van der Waals surface area (Å²) in [6.45, 7) is 28.8. The van der Waals surface area contributed by atoms with Gasteiger partial charge in [0.2, 0.25) is 22.8 Å². The van der Waals surface area contributed by atoms with Gasteiger partial charge in [0.1, 0.15) is 28.2 Å². The van der Waals surface area contributed by atoms with Crippen LogP contribution in [-0.2, 0) is 41.0 Å². The van der Waals surface area contributed by atoms with Crippen LogP contribution in [0, 0.1) is 48.5 Å². The van der Waals surface area contributed by atoms with E-state index in [0.717, 1.165) is 12.8 Å². The minimum absolute atomic E-state index is 0.531. The Morgan fingerprint density at radius 3 is 0.968 bits per heavy atom. The molecule has 0 aliphatic heterocycles. The van der Waals surface area contributed by atoms with Crippen LogP contribution in [0.5, 0.6) is 0 Å². The van der Waals surface area contributed by atoms with E-state index in [4.69, 9.17) is 0 Å². The van der Waals surface area contributed by atoms with E-state index < -0.39 is 0 Å². The maximum atomic E-state index is 2.37. The van der Waals surface area contributed by atoms with E-state index in [1.165, 1.54) is 151 Å². The summed E-state index contributed by atoms with van der Waals surface area (Å²) in [5.74, 6) is 1.06. The molecule has 93 heavy (non-hydrogen) atoms. The smallest absolute Gasteiger partial charge is 0.201 e. The van der Waals surface area contributed by atoms with Gasteiger partial charge in [-0.25, -0.2) is 18.3 Å². The van der Waals surface area contributed by atoms with Crippen LogP contribution >= 0.6 is 0 Å². The van der Waals surface area contributed by atoms with Gasteiger partial charge in [0.25, 0.3) is 0 Å². The highest BCUT2D eigenvalue weighted by Crippen LogP contribution is 2.34. The number of hydrogen-bond acceptors (Lipinski definition) is 0. The van der Waals surface area contributed by atoms with Crippen molar-refractivity contribution in [3.8, 4) is 89.5 Å². The maximum Gasteiger partial charge on any atom is 0.213 e. The van der Waals surface area contributed by atoms with E-state index in [9.17, 15) is 0 Å². The lowest BCUT2D eigenvalue weighted by Crippen LogP contribution is -2.30. The lowest BCUT2D eigenvalue weighted by atomic mass is 9.90. The summed E-state index contributed by atoms with van der Waals surface area (Å²) < 4.78 is 8.81. The van der Waals surface area contributed by atoms with E-state index in [1.807, 2.05) is 6.07 Å². The van der Waals surface area contributed by atoms with Gasteiger partial charge >= 0.3 is 0 Å². The summed E-state index contributed by atoms with van der Waals surface area (Å²) in [5.41, 5.74) is 35.4. The second kappa shape index (κ2) is 31.1. The first-order chi connectivity index (χ1) is 44.7. The normalized spacial score (nSPS) is 10.9. The van der Waals surface area contributed by atoms with Gasteiger partial charge in [-0.15, -0.1) is 0 Å². The molecule has 4 nitrogen and oxygen atoms in total. The highest BCUT2D eigenvalue weighted by molar-refractivity contribution is 5.75. The Morgan fingerprint density at radius 1 is 0.269 bits per heavy atom. The molecule has 0 radical (unpaired) electrons. The van der Waals surface area contributed by atoms with Crippen molar-refractivity contribution in [2.75, 3.05) is 0 Å². The molecule has 0 spiro atoms. The van der Waals surface area contributed by atoms with E-state index in [0.29, 0.717) is 11.8 Å². The summed E-state index contributed by atoms with van der Waals surface area (Å²) >= 11 is 0. The molecular formula is C89H98N4+4. The predicted molar refractivity (Wildman–Crippen MR) is 394 cm³/mol. The van der Waals surface area contributed by atoms with E-state index in [2.05, 4.69) is 380 Å². The molecule has 0 N–H and O–H groups in total. The highest BCUT2D eigenvalue weighted by Gasteiger charge is 2.19. The molecule has 0 atom stereocenters. The van der Waals surface area contributed by atoms with Gasteiger partial charge in [0.05, 0.1) is 0 Å². The number of hydrogen-bond donors (Lipinski definition) is 0. The number of rotatable bonds is 12. The minimum atomic E-state index is 0.531. The number of pyridine rings is 4. The molecule has 12 rings (SSSR count). The van der Waals surface area contributed by atoms with Crippen molar-refractivity contribution in [2.45, 2.75) is 115 Å². The van der Waals surface area contributed by atoms with Crippen LogP contribution in [0.25, 0.3) is 89.5 Å². The molecule has 0 fully saturated rings. The topological polar surface area (TPSA) is 15.5 Å². The van der Waals surface area contributed by atoms with Crippen molar-refractivity contribution >= 4 is 0 Å². The van der Waals surface area contributed by atoms with E-state index >= 15 is 0 Å². The number of benzene rings is 8. The fraction of sp³-hybridized carbons (Fsp3) is 0.236. The molecule has 470 valence electrons. The van der Waals surface area contributed by atoms with Crippen LogP contribution in [0.3, 0.4) is 0 Å². The third kappa shape index (κ3) is 16.7. The van der Waals surface area contributed by atoms with Gasteiger partial charge in [-0.2, -0.15) is 0 Å². The molecule has 0 aliphatic carbocycles. The Bertz CT molecular complexity index is 4470. The van der Waals surface area contributed by atoms with Crippen molar-refractivity contribution < 1.29 is 18.3 Å². The zero-order valence-electron chi connectivity index (χ0n) is 58.5. The van der Waals surface area contributed by atoms with Gasteiger partial charge in [0, 0.05) is 70.3 Å². The maximum absolute atomic E-state index is 2.37. The Morgan fingerprint density at radius 2 is 0.613 bits per heavy atom. The molecule has 8 aromatic carbocycles. The Labute approximate surface area is 557 Å². The average Bonchev–Trinajstić information content (AvgIpc) is 0.884. The Hall–Kier alpha value is -9.64. The summed E-state index contributed by atoms with van der Waals surface area (Å²) in [5, 5.41) is 0. The van der Waals surface area contributed by atoms with Crippen molar-refractivity contribution in [3.63, 3.8) is 0 Å². The van der Waals surface area contributed by atoms with Crippen molar-refractivity contribution in [3.05, 3.63) is 310 Å². The van der Waals surface area contributed by atoms with Crippen LogP contribution in [0.15, 0.2) is 249 Å². The first-order valence-corrected chi connectivity index (χ1v) is 33.4. The van der Waals surface area contributed by atoms with Crippen molar-refractivity contribution in [1.82, 2.24) is 0 Å². The fourth-order valence-electron chi connectivity index (χ4n) is 12.2. The first-order valence-electron chi connectivity index (χ1n) is 33.4. The van der Waals surface area contributed by atoms with Crippen LogP contribution in [0.1, 0.15) is 115 Å². The number of aromatic nitrogens is 4. The van der Waals surface area contributed by atoms with Gasteiger partial charge in [-0.05, 0) is 204 Å². The van der Waals surface area contributed by atoms with E-state index in [1.54, 1.807) is 0 Å². The molecule has 0 unspecified atom stereocenters. The molecule has 0 bridgehead atoms. The molecule has 4 heterocycles. The number of aryl methyl sites for hydroxylation is 12. The Balaban J connectivity index is 0.000000147.